The van der Waals surface area contributed by atoms with Gasteiger partial charge in [-0.1, -0.05) is 19.2 Å². The summed E-state index contributed by atoms with van der Waals surface area (Å²) >= 11 is 0. The maximum atomic E-state index is 8.67. The fourth-order valence-corrected chi connectivity index (χ4v) is 0.596. The summed E-state index contributed by atoms with van der Waals surface area (Å²) in [5.41, 5.74) is 0. The van der Waals surface area contributed by atoms with E-state index >= 15 is 0 Å². The van der Waals surface area contributed by atoms with Gasteiger partial charge < -0.3 is 14.9 Å². The van der Waals surface area contributed by atoms with Gasteiger partial charge in [-0.3, -0.25) is 0 Å². The first-order valence-corrected chi connectivity index (χ1v) is 3.62. The van der Waals surface area contributed by atoms with E-state index in [1.807, 2.05) is 0 Å². The van der Waals surface area contributed by atoms with Gasteiger partial charge in [-0.05, 0) is 12.2 Å². The number of rotatable bonds is 6. The summed E-state index contributed by atoms with van der Waals surface area (Å²) < 4.78 is 5.11. The first-order chi connectivity index (χ1) is 5.78. The van der Waals surface area contributed by atoms with Crippen molar-refractivity contribution in [2.45, 2.75) is 6.10 Å². The van der Waals surface area contributed by atoms with Gasteiger partial charge in [0.1, 0.15) is 11.9 Å². The molecule has 3 nitrogen and oxygen atoms in total. The highest BCUT2D eigenvalue weighted by molar-refractivity contribution is 5.14. The quantitative estimate of drug-likeness (QED) is 0.453. The van der Waals surface area contributed by atoms with Crippen LogP contribution in [0.1, 0.15) is 0 Å². The largest absolute Gasteiger partial charge is 0.486 e. The molecule has 0 aromatic rings. The highest BCUT2D eigenvalue weighted by Gasteiger charge is 2.06. The van der Waals surface area contributed by atoms with Crippen molar-refractivity contribution in [1.82, 2.24) is 0 Å². The summed E-state index contributed by atoms with van der Waals surface area (Å²) in [4.78, 5) is 0. The van der Waals surface area contributed by atoms with E-state index in [4.69, 9.17) is 14.9 Å². The van der Waals surface area contributed by atoms with E-state index < -0.39 is 6.10 Å². The highest BCUT2D eigenvalue weighted by Crippen LogP contribution is 2.03. The molecule has 0 aliphatic carbocycles. The number of ether oxygens (including phenoxy) is 1. The van der Waals surface area contributed by atoms with Crippen LogP contribution in [-0.4, -0.2) is 29.5 Å². The van der Waals surface area contributed by atoms with Gasteiger partial charge in [0.05, 0.1) is 13.2 Å². The molecule has 0 unspecified atom stereocenters. The lowest BCUT2D eigenvalue weighted by molar-refractivity contribution is 0.0223. The van der Waals surface area contributed by atoms with Gasteiger partial charge in [-0.25, -0.2) is 0 Å². The Labute approximate surface area is 72.3 Å². The number of allylic oxidation sites excluding steroid dienone is 3. The van der Waals surface area contributed by atoms with Crippen molar-refractivity contribution in [3.05, 3.63) is 37.1 Å². The van der Waals surface area contributed by atoms with E-state index in [-0.39, 0.29) is 13.2 Å². The Morgan fingerprint density at radius 3 is 2.25 bits per heavy atom. The number of aliphatic hydroxyl groups is 2. The van der Waals surface area contributed by atoms with Crippen LogP contribution in [0.3, 0.4) is 0 Å². The van der Waals surface area contributed by atoms with Crippen LogP contribution in [0.25, 0.3) is 0 Å². The van der Waals surface area contributed by atoms with E-state index in [1.165, 1.54) is 6.08 Å². The standard InChI is InChI=1S/C9H14O3/c1-3-5-8(4-2)12-9(6-10)7-11/h3-5,9-11H,1-2,6-7H2/b8-5+. The number of hydrogen-bond acceptors (Lipinski definition) is 3. The third kappa shape index (κ3) is 3.95. The number of aliphatic hydroxyl groups excluding tert-OH is 2. The lowest BCUT2D eigenvalue weighted by atomic mass is 10.3. The minimum absolute atomic E-state index is 0.223. The molecule has 0 fully saturated rings. The molecule has 0 rings (SSSR count). The maximum absolute atomic E-state index is 8.67. The van der Waals surface area contributed by atoms with E-state index in [0.29, 0.717) is 5.76 Å². The highest BCUT2D eigenvalue weighted by atomic mass is 16.5. The summed E-state index contributed by atoms with van der Waals surface area (Å²) in [6, 6.07) is 0. The average molecular weight is 170 g/mol. The molecule has 0 atom stereocenters. The topological polar surface area (TPSA) is 49.7 Å². The summed E-state index contributed by atoms with van der Waals surface area (Å²) in [6.07, 6.45) is 4.04. The fraction of sp³-hybridized carbons (Fsp3) is 0.333. The van der Waals surface area contributed by atoms with Gasteiger partial charge >= 0.3 is 0 Å². The summed E-state index contributed by atoms with van der Waals surface area (Å²) in [5, 5.41) is 17.3. The lowest BCUT2D eigenvalue weighted by Crippen LogP contribution is -2.21. The second-order valence-corrected chi connectivity index (χ2v) is 2.11. The second-order valence-electron chi connectivity index (χ2n) is 2.11. The van der Waals surface area contributed by atoms with Crippen molar-refractivity contribution in [2.75, 3.05) is 13.2 Å². The summed E-state index contributed by atoms with van der Waals surface area (Å²) in [5.74, 6) is 0.484. The molecule has 0 amide bonds. The lowest BCUT2D eigenvalue weighted by Gasteiger charge is -2.14. The zero-order valence-electron chi connectivity index (χ0n) is 6.94. The molecule has 0 aliphatic heterocycles. The van der Waals surface area contributed by atoms with Crippen LogP contribution in [0.15, 0.2) is 37.1 Å². The maximum Gasteiger partial charge on any atom is 0.145 e. The molecule has 0 aromatic heterocycles. The van der Waals surface area contributed by atoms with Crippen LogP contribution < -0.4 is 0 Å². The molecular weight excluding hydrogens is 156 g/mol. The molecule has 0 saturated heterocycles. The molecule has 3 heteroatoms. The van der Waals surface area contributed by atoms with Crippen molar-refractivity contribution in [3.8, 4) is 0 Å². The smallest absolute Gasteiger partial charge is 0.145 e. The van der Waals surface area contributed by atoms with Gasteiger partial charge in [0, 0.05) is 0 Å². The molecular formula is C9H14O3. The zero-order valence-corrected chi connectivity index (χ0v) is 6.94. The predicted octanol–water partition coefficient (Wildman–Crippen LogP) is 0.612. The van der Waals surface area contributed by atoms with Crippen LogP contribution in [0.5, 0.6) is 0 Å². The van der Waals surface area contributed by atoms with Crippen molar-refractivity contribution < 1.29 is 14.9 Å². The van der Waals surface area contributed by atoms with Gasteiger partial charge in [-0.2, -0.15) is 0 Å². The monoisotopic (exact) mass is 170 g/mol. The van der Waals surface area contributed by atoms with Crippen LogP contribution in [0.2, 0.25) is 0 Å². The van der Waals surface area contributed by atoms with Gasteiger partial charge in [0.2, 0.25) is 0 Å². The minimum atomic E-state index is -0.589. The van der Waals surface area contributed by atoms with Crippen LogP contribution >= 0.6 is 0 Å². The molecule has 2 N–H and O–H groups in total. The summed E-state index contributed by atoms with van der Waals surface area (Å²) in [7, 11) is 0. The molecule has 0 aliphatic rings. The minimum Gasteiger partial charge on any atom is -0.486 e. The summed E-state index contributed by atoms with van der Waals surface area (Å²) in [6.45, 7) is 6.53. The molecule has 0 aromatic carbocycles. The Morgan fingerprint density at radius 1 is 1.33 bits per heavy atom. The average Bonchev–Trinajstić information content (AvgIpc) is 2.12. The Morgan fingerprint density at radius 2 is 1.92 bits per heavy atom. The van der Waals surface area contributed by atoms with Crippen LogP contribution in [-0.2, 0) is 4.74 Å². The van der Waals surface area contributed by atoms with E-state index in [9.17, 15) is 0 Å². The van der Waals surface area contributed by atoms with E-state index in [2.05, 4.69) is 13.2 Å². The first-order valence-electron chi connectivity index (χ1n) is 3.62. The SMILES string of the molecule is C=C/C=C(\C=C)OC(CO)CO. The van der Waals surface area contributed by atoms with Crippen molar-refractivity contribution in [1.29, 1.82) is 0 Å². The van der Waals surface area contributed by atoms with Crippen molar-refractivity contribution in [2.24, 2.45) is 0 Å². The van der Waals surface area contributed by atoms with E-state index in [1.54, 1.807) is 12.2 Å². The van der Waals surface area contributed by atoms with Gasteiger partial charge in [0.25, 0.3) is 0 Å². The Hall–Kier alpha value is -1.06. The predicted molar refractivity (Wildman–Crippen MR) is 47.5 cm³/mol. The van der Waals surface area contributed by atoms with Gasteiger partial charge in [0.15, 0.2) is 0 Å². The Kier molecular flexibility index (Phi) is 6.05. The number of hydrogen-bond donors (Lipinski definition) is 2. The fourth-order valence-electron chi connectivity index (χ4n) is 0.596. The molecule has 0 spiro atoms. The van der Waals surface area contributed by atoms with Crippen molar-refractivity contribution >= 4 is 0 Å². The molecule has 0 radical (unpaired) electrons. The molecule has 0 saturated carbocycles. The second kappa shape index (κ2) is 6.64. The Balaban J connectivity index is 4.08. The van der Waals surface area contributed by atoms with E-state index in [0.717, 1.165) is 0 Å². The normalized spacial score (nSPS) is 11.4. The first kappa shape index (κ1) is 10.9. The molecule has 68 valence electrons. The van der Waals surface area contributed by atoms with Crippen LogP contribution in [0, 0.1) is 0 Å². The van der Waals surface area contributed by atoms with Gasteiger partial charge in [-0.15, -0.1) is 0 Å². The van der Waals surface area contributed by atoms with Crippen LogP contribution in [0.4, 0.5) is 0 Å². The van der Waals surface area contributed by atoms with Crippen molar-refractivity contribution in [3.63, 3.8) is 0 Å². The molecule has 0 heterocycles. The zero-order chi connectivity index (χ0) is 9.40. The molecule has 0 bridgehead atoms. The third-order valence-corrected chi connectivity index (χ3v) is 1.19. The Bertz CT molecular complexity index is 169. The third-order valence-electron chi connectivity index (χ3n) is 1.19. The molecule has 12 heavy (non-hydrogen) atoms.